The first-order valence-electron chi connectivity index (χ1n) is 10.0. The molecule has 2 aromatic heterocycles. The van der Waals surface area contributed by atoms with Crippen molar-refractivity contribution in [3.63, 3.8) is 0 Å². The Hall–Kier alpha value is -4.00. The zero-order valence-corrected chi connectivity index (χ0v) is 18.2. The third-order valence-corrected chi connectivity index (χ3v) is 5.44. The molecular weight excluding hydrogens is 409 g/mol. The fourth-order valence-electron chi connectivity index (χ4n) is 3.66. The van der Waals surface area contributed by atoms with Gasteiger partial charge in [-0.1, -0.05) is 6.07 Å². The second-order valence-corrected chi connectivity index (χ2v) is 7.64. The van der Waals surface area contributed by atoms with Crippen molar-refractivity contribution in [2.75, 3.05) is 12.4 Å². The van der Waals surface area contributed by atoms with E-state index in [1.807, 2.05) is 32.0 Å². The maximum atomic E-state index is 14.0. The first-order valence-corrected chi connectivity index (χ1v) is 10.0. The lowest BCUT2D eigenvalue weighted by molar-refractivity contribution is 0.102. The van der Waals surface area contributed by atoms with Crippen LogP contribution in [0.4, 0.5) is 10.1 Å². The summed E-state index contributed by atoms with van der Waals surface area (Å²) < 4.78 is 20.5. The maximum Gasteiger partial charge on any atom is 0.258 e. The van der Waals surface area contributed by atoms with Gasteiger partial charge in [0.05, 0.1) is 12.6 Å². The van der Waals surface area contributed by atoms with E-state index in [9.17, 15) is 14.0 Å². The summed E-state index contributed by atoms with van der Waals surface area (Å²) in [6.07, 6.45) is 1.74. The quantitative estimate of drug-likeness (QED) is 0.512. The van der Waals surface area contributed by atoms with Gasteiger partial charge in [-0.25, -0.2) is 4.39 Å². The number of carbonyl (C=O) groups excluding carboxylic acids is 1. The molecule has 0 aliphatic rings. The van der Waals surface area contributed by atoms with Gasteiger partial charge < -0.3 is 14.6 Å². The lowest BCUT2D eigenvalue weighted by atomic mass is 9.99. The van der Waals surface area contributed by atoms with E-state index in [0.717, 1.165) is 28.2 Å². The summed E-state index contributed by atoms with van der Waals surface area (Å²) in [6, 6.07) is 13.0. The van der Waals surface area contributed by atoms with Crippen molar-refractivity contribution in [3.05, 3.63) is 87.7 Å². The van der Waals surface area contributed by atoms with E-state index >= 15 is 0 Å². The van der Waals surface area contributed by atoms with Crippen molar-refractivity contribution < 1.29 is 13.9 Å². The summed E-state index contributed by atoms with van der Waals surface area (Å²) in [5.74, 6) is -1.02. The topological polar surface area (TPSA) is 73.2 Å². The fraction of sp³-hybridized carbons (Fsp3) is 0.160. The van der Waals surface area contributed by atoms with Crippen LogP contribution in [-0.4, -0.2) is 22.6 Å². The van der Waals surface area contributed by atoms with Crippen LogP contribution in [0, 0.1) is 19.7 Å². The number of aryl methyl sites for hydroxylation is 3. The Balaban J connectivity index is 1.73. The lowest BCUT2D eigenvalue weighted by Crippen LogP contribution is -2.19. The van der Waals surface area contributed by atoms with Gasteiger partial charge in [0.1, 0.15) is 0 Å². The fourth-order valence-corrected chi connectivity index (χ4v) is 3.66. The molecule has 2 heterocycles. The molecule has 0 atom stereocenters. The summed E-state index contributed by atoms with van der Waals surface area (Å²) in [5.41, 5.74) is 4.24. The minimum Gasteiger partial charge on any atom is -0.494 e. The molecular formula is C25H22FN3O3. The number of aromatic nitrogens is 2. The van der Waals surface area contributed by atoms with Crippen LogP contribution >= 0.6 is 0 Å². The Morgan fingerprint density at radius 3 is 2.56 bits per heavy atom. The molecule has 0 spiro atoms. The highest BCUT2D eigenvalue weighted by molar-refractivity contribution is 6.04. The predicted molar refractivity (Wildman–Crippen MR) is 123 cm³/mol. The smallest absolute Gasteiger partial charge is 0.258 e. The molecule has 0 aliphatic heterocycles. The molecule has 0 fully saturated rings. The first kappa shape index (κ1) is 21.2. The molecule has 0 radical (unpaired) electrons. The number of fused-ring (bicyclic) bond motifs is 1. The van der Waals surface area contributed by atoms with E-state index in [1.54, 1.807) is 29.9 Å². The van der Waals surface area contributed by atoms with Crippen molar-refractivity contribution in [2.45, 2.75) is 13.8 Å². The maximum absolute atomic E-state index is 14.0. The van der Waals surface area contributed by atoms with E-state index in [4.69, 9.17) is 4.74 Å². The Kier molecular flexibility index (Phi) is 5.48. The minimum atomic E-state index is -0.617. The van der Waals surface area contributed by atoms with Crippen LogP contribution in [0.2, 0.25) is 0 Å². The molecule has 7 heteroatoms. The molecule has 0 bridgehead atoms. The normalized spacial score (nSPS) is 10.9. The second kappa shape index (κ2) is 8.26. The number of carbonyl (C=O) groups is 1. The number of ether oxygens (including phenoxy) is 1. The number of pyridine rings is 2. The number of anilines is 1. The standard InChI is InChI=1S/C25H22FN3O3/c1-14-5-7-18(28-24(30)16-6-8-23(32-4)21(26)11-16)12-19(14)20-10-17-13-27-15(2)9-22(17)29(3)25(20)31/h5-13H,1-4H3,(H,28,30). The van der Waals surface area contributed by atoms with Crippen LogP contribution in [0.5, 0.6) is 5.75 Å². The number of benzene rings is 2. The first-order chi connectivity index (χ1) is 15.3. The number of halogens is 1. The van der Waals surface area contributed by atoms with Crippen LogP contribution in [0.15, 0.2) is 59.5 Å². The van der Waals surface area contributed by atoms with Gasteiger partial charge in [-0.05, 0) is 67.4 Å². The van der Waals surface area contributed by atoms with Gasteiger partial charge in [0.15, 0.2) is 11.6 Å². The summed E-state index contributed by atoms with van der Waals surface area (Å²) in [4.78, 5) is 30.1. The molecule has 0 unspecified atom stereocenters. The Morgan fingerprint density at radius 2 is 1.84 bits per heavy atom. The molecule has 1 amide bonds. The van der Waals surface area contributed by atoms with E-state index < -0.39 is 11.7 Å². The molecule has 6 nitrogen and oxygen atoms in total. The molecule has 0 saturated heterocycles. The van der Waals surface area contributed by atoms with E-state index in [-0.39, 0.29) is 16.9 Å². The van der Waals surface area contributed by atoms with Crippen molar-refractivity contribution in [2.24, 2.45) is 7.05 Å². The molecule has 1 N–H and O–H groups in total. The number of amides is 1. The second-order valence-electron chi connectivity index (χ2n) is 7.64. The van der Waals surface area contributed by atoms with Crippen LogP contribution in [-0.2, 0) is 7.05 Å². The number of hydrogen-bond donors (Lipinski definition) is 1. The average molecular weight is 431 g/mol. The van der Waals surface area contributed by atoms with Crippen LogP contribution in [0.3, 0.4) is 0 Å². The minimum absolute atomic E-state index is 0.0657. The zero-order chi connectivity index (χ0) is 23.0. The average Bonchev–Trinajstić information content (AvgIpc) is 2.78. The number of methoxy groups -OCH3 is 1. The summed E-state index contributed by atoms with van der Waals surface area (Å²) in [7, 11) is 3.09. The highest BCUT2D eigenvalue weighted by Crippen LogP contribution is 2.27. The Labute approximate surface area is 184 Å². The van der Waals surface area contributed by atoms with Gasteiger partial charge in [0.2, 0.25) is 0 Å². The summed E-state index contributed by atoms with van der Waals surface area (Å²) >= 11 is 0. The van der Waals surface area contributed by atoms with Crippen LogP contribution < -0.4 is 15.6 Å². The predicted octanol–water partition coefficient (Wildman–Crippen LogP) is 4.62. The van der Waals surface area contributed by atoms with Crippen LogP contribution in [0.25, 0.3) is 22.0 Å². The lowest BCUT2D eigenvalue weighted by Gasteiger charge is -2.13. The molecule has 0 saturated carbocycles. The number of nitrogens with one attached hydrogen (secondary N) is 1. The largest absolute Gasteiger partial charge is 0.494 e. The van der Waals surface area contributed by atoms with Crippen LogP contribution in [0.1, 0.15) is 21.6 Å². The molecule has 4 rings (SSSR count). The van der Waals surface area contributed by atoms with Crippen molar-refractivity contribution in [3.8, 4) is 16.9 Å². The highest BCUT2D eigenvalue weighted by atomic mass is 19.1. The van der Waals surface area contributed by atoms with Crippen molar-refractivity contribution in [1.82, 2.24) is 9.55 Å². The molecule has 4 aromatic rings. The van der Waals surface area contributed by atoms with Gasteiger partial charge in [-0.2, -0.15) is 0 Å². The summed E-state index contributed by atoms with van der Waals surface area (Å²) in [6.45, 7) is 3.78. The van der Waals surface area contributed by atoms with Gasteiger partial charge >= 0.3 is 0 Å². The van der Waals surface area contributed by atoms with Gasteiger partial charge in [0, 0.05) is 41.1 Å². The zero-order valence-electron chi connectivity index (χ0n) is 18.2. The summed E-state index contributed by atoms with van der Waals surface area (Å²) in [5, 5.41) is 3.61. The van der Waals surface area contributed by atoms with Crippen molar-refractivity contribution in [1.29, 1.82) is 0 Å². The highest BCUT2D eigenvalue weighted by Gasteiger charge is 2.15. The van der Waals surface area contributed by atoms with E-state index in [2.05, 4.69) is 10.3 Å². The monoisotopic (exact) mass is 431 g/mol. The Morgan fingerprint density at radius 1 is 1.06 bits per heavy atom. The molecule has 2 aromatic carbocycles. The van der Waals surface area contributed by atoms with E-state index in [0.29, 0.717) is 16.8 Å². The number of nitrogens with zero attached hydrogens (tertiary/aromatic N) is 2. The Bertz CT molecular complexity index is 1430. The van der Waals surface area contributed by atoms with Gasteiger partial charge in [0.25, 0.3) is 11.5 Å². The molecule has 32 heavy (non-hydrogen) atoms. The van der Waals surface area contributed by atoms with Gasteiger partial charge in [-0.15, -0.1) is 0 Å². The van der Waals surface area contributed by atoms with E-state index in [1.165, 1.54) is 19.2 Å². The molecule has 162 valence electrons. The number of rotatable bonds is 4. The molecule has 0 aliphatic carbocycles. The number of hydrogen-bond acceptors (Lipinski definition) is 4. The third-order valence-electron chi connectivity index (χ3n) is 5.44. The van der Waals surface area contributed by atoms with Gasteiger partial charge in [-0.3, -0.25) is 14.6 Å². The van der Waals surface area contributed by atoms with Crippen molar-refractivity contribution >= 4 is 22.5 Å². The SMILES string of the molecule is COc1ccc(C(=O)Nc2ccc(C)c(-c3cc4cnc(C)cc4n(C)c3=O)c2)cc1F. The third kappa shape index (κ3) is 3.85.